The van der Waals surface area contributed by atoms with E-state index < -0.39 is 15.8 Å². The standard InChI is InChI=1S/C9H7FN2O2S/c10-7-3-4-8(15(11,13)14)6-2-1-5-12-9(6)7/h1-5H,(H2,11,13,14). The number of sulfonamides is 1. The summed E-state index contributed by atoms with van der Waals surface area (Å²) in [6, 6.07) is 5.16. The molecular formula is C9H7FN2O2S. The van der Waals surface area contributed by atoms with E-state index in [0.29, 0.717) is 0 Å². The largest absolute Gasteiger partial charge is 0.253 e. The molecule has 0 aliphatic heterocycles. The average molecular weight is 226 g/mol. The van der Waals surface area contributed by atoms with Crippen LogP contribution in [0.25, 0.3) is 10.9 Å². The van der Waals surface area contributed by atoms with E-state index in [1.807, 2.05) is 0 Å². The lowest BCUT2D eigenvalue weighted by Gasteiger charge is -2.03. The SMILES string of the molecule is NS(=O)(=O)c1ccc(F)c2ncccc12. The van der Waals surface area contributed by atoms with Crippen molar-refractivity contribution in [1.29, 1.82) is 0 Å². The second kappa shape index (κ2) is 3.25. The first-order valence-corrected chi connectivity index (χ1v) is 5.61. The van der Waals surface area contributed by atoms with Crippen LogP contribution < -0.4 is 5.14 Å². The molecule has 4 nitrogen and oxygen atoms in total. The van der Waals surface area contributed by atoms with E-state index in [-0.39, 0.29) is 15.8 Å². The van der Waals surface area contributed by atoms with Crippen LogP contribution in [-0.2, 0) is 10.0 Å². The highest BCUT2D eigenvalue weighted by molar-refractivity contribution is 7.89. The highest BCUT2D eigenvalue weighted by Gasteiger charge is 2.14. The topological polar surface area (TPSA) is 73.1 Å². The van der Waals surface area contributed by atoms with Crippen LogP contribution in [0.3, 0.4) is 0 Å². The molecule has 1 aromatic carbocycles. The number of hydrogen-bond donors (Lipinski definition) is 1. The number of aromatic nitrogens is 1. The van der Waals surface area contributed by atoms with Crippen molar-refractivity contribution in [2.24, 2.45) is 5.14 Å². The van der Waals surface area contributed by atoms with Crippen molar-refractivity contribution in [3.63, 3.8) is 0 Å². The van der Waals surface area contributed by atoms with Crippen LogP contribution in [0.4, 0.5) is 4.39 Å². The van der Waals surface area contributed by atoms with E-state index in [0.717, 1.165) is 12.1 Å². The molecule has 15 heavy (non-hydrogen) atoms. The van der Waals surface area contributed by atoms with E-state index in [9.17, 15) is 12.8 Å². The Hall–Kier alpha value is -1.53. The van der Waals surface area contributed by atoms with Crippen LogP contribution in [0.2, 0.25) is 0 Å². The van der Waals surface area contributed by atoms with Crippen molar-refractivity contribution < 1.29 is 12.8 Å². The molecule has 6 heteroatoms. The lowest BCUT2D eigenvalue weighted by molar-refractivity contribution is 0.598. The van der Waals surface area contributed by atoms with Gasteiger partial charge in [0, 0.05) is 11.6 Å². The second-order valence-corrected chi connectivity index (χ2v) is 4.52. The lowest BCUT2D eigenvalue weighted by atomic mass is 10.2. The average Bonchev–Trinajstić information content (AvgIpc) is 2.17. The third-order valence-corrected chi connectivity index (χ3v) is 2.96. The zero-order chi connectivity index (χ0) is 11.1. The van der Waals surface area contributed by atoms with Crippen molar-refractivity contribution in [3.05, 3.63) is 36.3 Å². The summed E-state index contributed by atoms with van der Waals surface area (Å²) in [4.78, 5) is 3.64. The minimum Gasteiger partial charge on any atom is -0.253 e. The van der Waals surface area contributed by atoms with Gasteiger partial charge >= 0.3 is 0 Å². The molecule has 1 aromatic heterocycles. The molecule has 0 aliphatic carbocycles. The Morgan fingerprint density at radius 3 is 2.67 bits per heavy atom. The number of primary sulfonamides is 1. The Labute approximate surface area is 85.6 Å². The monoisotopic (exact) mass is 226 g/mol. The maximum Gasteiger partial charge on any atom is 0.238 e. The van der Waals surface area contributed by atoms with Crippen LogP contribution in [0, 0.1) is 5.82 Å². The van der Waals surface area contributed by atoms with E-state index in [1.165, 1.54) is 18.3 Å². The normalized spacial score (nSPS) is 11.9. The van der Waals surface area contributed by atoms with Gasteiger partial charge in [-0.2, -0.15) is 0 Å². The Kier molecular flexibility index (Phi) is 2.17. The molecule has 0 spiro atoms. The van der Waals surface area contributed by atoms with Gasteiger partial charge in [0.1, 0.15) is 11.3 Å². The first-order valence-electron chi connectivity index (χ1n) is 4.06. The van der Waals surface area contributed by atoms with Gasteiger partial charge in [0.15, 0.2) is 0 Å². The van der Waals surface area contributed by atoms with Gasteiger partial charge in [-0.15, -0.1) is 0 Å². The van der Waals surface area contributed by atoms with Crippen LogP contribution in [0.15, 0.2) is 35.4 Å². The Morgan fingerprint density at radius 1 is 1.27 bits per heavy atom. The lowest BCUT2D eigenvalue weighted by Crippen LogP contribution is -2.12. The predicted molar refractivity (Wildman–Crippen MR) is 53.1 cm³/mol. The van der Waals surface area contributed by atoms with Crippen LogP contribution in [0.5, 0.6) is 0 Å². The molecule has 0 amide bonds. The molecule has 2 rings (SSSR count). The quantitative estimate of drug-likeness (QED) is 0.789. The smallest absolute Gasteiger partial charge is 0.238 e. The molecule has 0 saturated heterocycles. The molecule has 0 unspecified atom stereocenters. The molecular weight excluding hydrogens is 219 g/mol. The molecule has 2 N–H and O–H groups in total. The number of hydrogen-bond acceptors (Lipinski definition) is 3. The summed E-state index contributed by atoms with van der Waals surface area (Å²) in [6.07, 6.45) is 1.39. The fourth-order valence-electron chi connectivity index (χ4n) is 1.36. The number of fused-ring (bicyclic) bond motifs is 1. The molecule has 2 aromatic rings. The number of pyridine rings is 1. The molecule has 78 valence electrons. The second-order valence-electron chi connectivity index (χ2n) is 2.99. The van der Waals surface area contributed by atoms with E-state index >= 15 is 0 Å². The van der Waals surface area contributed by atoms with Crippen molar-refractivity contribution in [3.8, 4) is 0 Å². The van der Waals surface area contributed by atoms with Gasteiger partial charge in [0.2, 0.25) is 10.0 Å². The molecule has 0 atom stereocenters. The number of rotatable bonds is 1. The summed E-state index contributed by atoms with van der Waals surface area (Å²) in [5.74, 6) is -0.571. The summed E-state index contributed by atoms with van der Waals surface area (Å²) in [5.41, 5.74) is 0.00373. The third kappa shape index (κ3) is 1.69. The maximum atomic E-state index is 13.3. The molecule has 1 heterocycles. The van der Waals surface area contributed by atoms with Crippen LogP contribution >= 0.6 is 0 Å². The van der Waals surface area contributed by atoms with Gasteiger partial charge in [-0.1, -0.05) is 0 Å². The molecule has 0 radical (unpaired) electrons. The highest BCUT2D eigenvalue weighted by Crippen LogP contribution is 2.22. The van der Waals surface area contributed by atoms with Crippen molar-refractivity contribution >= 4 is 20.9 Å². The van der Waals surface area contributed by atoms with E-state index in [4.69, 9.17) is 5.14 Å². The van der Waals surface area contributed by atoms with Crippen molar-refractivity contribution in [1.82, 2.24) is 4.98 Å². The zero-order valence-electron chi connectivity index (χ0n) is 7.51. The first kappa shape index (κ1) is 10.0. The Balaban J connectivity index is 2.96. The van der Waals surface area contributed by atoms with Crippen LogP contribution in [-0.4, -0.2) is 13.4 Å². The number of benzene rings is 1. The molecule has 0 fully saturated rings. The fraction of sp³-hybridized carbons (Fsp3) is 0. The minimum atomic E-state index is -3.85. The number of nitrogens with zero attached hydrogens (tertiary/aromatic N) is 1. The predicted octanol–water partition coefficient (Wildman–Crippen LogP) is 1.02. The van der Waals surface area contributed by atoms with Gasteiger partial charge in [-0.05, 0) is 24.3 Å². The summed E-state index contributed by atoms with van der Waals surface area (Å²) >= 11 is 0. The first-order chi connectivity index (χ1) is 7.00. The molecule has 0 saturated carbocycles. The van der Waals surface area contributed by atoms with Crippen molar-refractivity contribution in [2.75, 3.05) is 0 Å². The van der Waals surface area contributed by atoms with Gasteiger partial charge < -0.3 is 0 Å². The van der Waals surface area contributed by atoms with E-state index in [2.05, 4.69) is 4.98 Å². The number of halogens is 1. The summed E-state index contributed by atoms with van der Waals surface area (Å²) in [6.45, 7) is 0. The molecule has 0 aliphatic rings. The van der Waals surface area contributed by atoms with Gasteiger partial charge in [0.05, 0.1) is 4.90 Å². The molecule has 0 bridgehead atoms. The fourth-order valence-corrected chi connectivity index (χ4v) is 2.09. The maximum absolute atomic E-state index is 13.3. The van der Waals surface area contributed by atoms with Gasteiger partial charge in [0.25, 0.3) is 0 Å². The minimum absolute atomic E-state index is 0.00373. The van der Waals surface area contributed by atoms with Gasteiger partial charge in [-0.25, -0.2) is 17.9 Å². The third-order valence-electron chi connectivity index (χ3n) is 1.99. The van der Waals surface area contributed by atoms with Gasteiger partial charge in [-0.3, -0.25) is 4.98 Å². The van der Waals surface area contributed by atoms with Crippen LogP contribution in [0.1, 0.15) is 0 Å². The zero-order valence-corrected chi connectivity index (χ0v) is 8.33. The summed E-state index contributed by atoms with van der Waals surface area (Å²) in [7, 11) is -3.85. The highest BCUT2D eigenvalue weighted by atomic mass is 32.2. The Morgan fingerprint density at radius 2 is 2.00 bits per heavy atom. The summed E-state index contributed by atoms with van der Waals surface area (Å²) in [5, 5.41) is 5.19. The van der Waals surface area contributed by atoms with E-state index in [1.54, 1.807) is 0 Å². The van der Waals surface area contributed by atoms with Crippen molar-refractivity contribution in [2.45, 2.75) is 4.90 Å². The Bertz CT molecular complexity index is 625. The summed E-state index contributed by atoms with van der Waals surface area (Å²) < 4.78 is 35.6. The number of nitrogens with two attached hydrogens (primary N) is 1.